The first kappa shape index (κ1) is 24.0. The highest BCUT2D eigenvalue weighted by Gasteiger charge is 2.48. The zero-order valence-corrected chi connectivity index (χ0v) is 19.7. The van der Waals surface area contributed by atoms with E-state index in [1.165, 1.54) is 0 Å². The zero-order valence-electron chi connectivity index (χ0n) is 19.7. The molecule has 4 rings (SSSR count). The van der Waals surface area contributed by atoms with Gasteiger partial charge in [-0.1, -0.05) is 18.2 Å². The number of rotatable bonds is 8. The van der Waals surface area contributed by atoms with Gasteiger partial charge in [0.2, 0.25) is 5.91 Å². The molecule has 182 valence electrons. The van der Waals surface area contributed by atoms with Gasteiger partial charge in [-0.15, -0.1) is 0 Å². The molecule has 2 aliphatic rings. The lowest BCUT2D eigenvalue weighted by Crippen LogP contribution is -2.61. The minimum absolute atomic E-state index is 0.0133. The third-order valence-corrected chi connectivity index (χ3v) is 6.84. The van der Waals surface area contributed by atoms with Crippen LogP contribution in [0.2, 0.25) is 0 Å². The Kier molecular flexibility index (Phi) is 7.38. The van der Waals surface area contributed by atoms with E-state index in [4.69, 9.17) is 19.3 Å². The Morgan fingerprint density at radius 2 is 1.85 bits per heavy atom. The number of ether oxygens (including phenoxy) is 3. The molecule has 0 bridgehead atoms. The van der Waals surface area contributed by atoms with Crippen molar-refractivity contribution in [2.45, 2.75) is 43.9 Å². The summed E-state index contributed by atoms with van der Waals surface area (Å²) < 4.78 is 17.1. The lowest BCUT2D eigenvalue weighted by Gasteiger charge is -2.43. The van der Waals surface area contributed by atoms with E-state index in [1.807, 2.05) is 31.2 Å². The van der Waals surface area contributed by atoms with Crippen LogP contribution in [0.25, 0.3) is 0 Å². The highest BCUT2D eigenvalue weighted by atomic mass is 16.5. The van der Waals surface area contributed by atoms with Crippen molar-refractivity contribution in [2.75, 3.05) is 33.4 Å². The van der Waals surface area contributed by atoms with Crippen LogP contribution in [0.15, 0.2) is 48.5 Å². The number of aromatic carboxylic acids is 1. The summed E-state index contributed by atoms with van der Waals surface area (Å²) in [6.45, 7) is 4.41. The Morgan fingerprint density at radius 3 is 2.53 bits per heavy atom. The predicted molar refractivity (Wildman–Crippen MR) is 126 cm³/mol. The van der Waals surface area contributed by atoms with Crippen molar-refractivity contribution >= 4 is 11.9 Å². The number of nitrogens with zero attached hydrogens (tertiary/aromatic N) is 1. The summed E-state index contributed by atoms with van der Waals surface area (Å²) >= 11 is 0. The summed E-state index contributed by atoms with van der Waals surface area (Å²) in [6, 6.07) is 13.9. The number of methoxy groups -OCH3 is 1. The Balaban J connectivity index is 1.44. The van der Waals surface area contributed by atoms with E-state index in [0.717, 1.165) is 30.0 Å². The lowest BCUT2D eigenvalue weighted by atomic mass is 9.86. The molecular weight excluding hydrogens is 436 g/mol. The Bertz CT molecular complexity index is 1000. The van der Waals surface area contributed by atoms with Crippen LogP contribution in [-0.4, -0.2) is 66.9 Å². The summed E-state index contributed by atoms with van der Waals surface area (Å²) in [6.07, 6.45) is 2.06. The molecule has 0 saturated carbocycles. The van der Waals surface area contributed by atoms with Crippen molar-refractivity contribution in [1.29, 1.82) is 0 Å². The molecule has 2 aliphatic heterocycles. The molecule has 1 amide bonds. The summed E-state index contributed by atoms with van der Waals surface area (Å²) in [4.78, 5) is 27.0. The van der Waals surface area contributed by atoms with Gasteiger partial charge in [0.15, 0.2) is 0 Å². The van der Waals surface area contributed by atoms with Gasteiger partial charge in [-0.25, -0.2) is 4.79 Å². The minimum atomic E-state index is -0.968. The van der Waals surface area contributed by atoms with Gasteiger partial charge in [-0.3, -0.25) is 9.69 Å². The van der Waals surface area contributed by atoms with Crippen molar-refractivity contribution in [3.8, 4) is 11.5 Å². The van der Waals surface area contributed by atoms with Crippen LogP contribution >= 0.6 is 0 Å². The summed E-state index contributed by atoms with van der Waals surface area (Å²) in [7, 11) is 1.63. The molecule has 2 saturated heterocycles. The number of hydrogen-bond donors (Lipinski definition) is 2. The second-order valence-corrected chi connectivity index (χ2v) is 8.92. The maximum atomic E-state index is 13.7. The van der Waals surface area contributed by atoms with E-state index in [9.17, 15) is 9.59 Å². The van der Waals surface area contributed by atoms with Crippen LogP contribution in [0.3, 0.4) is 0 Å². The second-order valence-electron chi connectivity index (χ2n) is 8.92. The average Bonchev–Trinajstić information content (AvgIpc) is 3.33. The number of nitrogens with one attached hydrogen (secondary N) is 1. The molecule has 34 heavy (non-hydrogen) atoms. The van der Waals surface area contributed by atoms with E-state index >= 15 is 0 Å². The third-order valence-electron chi connectivity index (χ3n) is 6.84. The molecular formula is C26H32N2O6. The standard InChI is InChI=1S/C26H32N2O6/c1-18(19-6-8-20(9-7-19)24(29)30)27-25(31)26(11-14-33-15-12-26)28-13-10-23(17-28)34-22-5-3-4-21(16-22)32-2/h3-9,16,18,23H,10-15,17H2,1-2H3,(H,27,31)(H,29,30)/t18?,23-/m1/s1. The van der Waals surface area contributed by atoms with Crippen LogP contribution < -0.4 is 14.8 Å². The fraction of sp³-hybridized carbons (Fsp3) is 0.462. The van der Waals surface area contributed by atoms with Gasteiger partial charge in [0.05, 0.1) is 18.7 Å². The Morgan fingerprint density at radius 1 is 1.15 bits per heavy atom. The molecule has 2 N–H and O–H groups in total. The van der Waals surface area contributed by atoms with Gasteiger partial charge in [-0.2, -0.15) is 0 Å². The minimum Gasteiger partial charge on any atom is -0.497 e. The average molecular weight is 469 g/mol. The van der Waals surface area contributed by atoms with E-state index < -0.39 is 11.5 Å². The first-order valence-electron chi connectivity index (χ1n) is 11.7. The molecule has 0 radical (unpaired) electrons. The molecule has 2 fully saturated rings. The Labute approximate surface area is 199 Å². The van der Waals surface area contributed by atoms with Gasteiger partial charge in [0.1, 0.15) is 23.1 Å². The second kappa shape index (κ2) is 10.4. The summed E-state index contributed by atoms with van der Waals surface area (Å²) in [5, 5.41) is 12.3. The zero-order chi connectivity index (χ0) is 24.1. The molecule has 0 spiro atoms. The van der Waals surface area contributed by atoms with E-state index in [-0.39, 0.29) is 23.6 Å². The first-order chi connectivity index (χ1) is 16.4. The first-order valence-corrected chi connectivity index (χ1v) is 11.7. The molecule has 2 aromatic rings. The number of likely N-dealkylation sites (tertiary alicyclic amines) is 1. The number of carbonyl (C=O) groups is 2. The number of carboxylic acids is 1. The lowest BCUT2D eigenvalue weighted by molar-refractivity contribution is -0.140. The van der Waals surface area contributed by atoms with E-state index in [1.54, 1.807) is 31.4 Å². The number of benzene rings is 2. The number of carboxylic acid groups (broad SMARTS) is 1. The van der Waals surface area contributed by atoms with Gasteiger partial charge >= 0.3 is 5.97 Å². The van der Waals surface area contributed by atoms with Crippen LogP contribution in [0.1, 0.15) is 48.1 Å². The van der Waals surface area contributed by atoms with Crippen LogP contribution in [0.5, 0.6) is 11.5 Å². The smallest absolute Gasteiger partial charge is 0.335 e. The molecule has 2 aromatic carbocycles. The normalized spacial score (nSPS) is 20.9. The molecule has 0 aromatic heterocycles. The van der Waals surface area contributed by atoms with Gasteiger partial charge < -0.3 is 24.6 Å². The highest BCUT2D eigenvalue weighted by Crippen LogP contribution is 2.34. The quantitative estimate of drug-likeness (QED) is 0.614. The Hall–Kier alpha value is -3.10. The van der Waals surface area contributed by atoms with Gasteiger partial charge in [0.25, 0.3) is 0 Å². The molecule has 8 nitrogen and oxygen atoms in total. The van der Waals surface area contributed by atoms with Crippen molar-refractivity contribution in [3.05, 3.63) is 59.7 Å². The molecule has 8 heteroatoms. The summed E-state index contributed by atoms with van der Waals surface area (Å²) in [5.74, 6) is 0.518. The SMILES string of the molecule is COc1cccc(O[C@@H]2CCN(C3(C(=O)NC(C)c4ccc(C(=O)O)cc4)CCOCC3)C2)c1. The van der Waals surface area contributed by atoms with Crippen molar-refractivity contribution in [3.63, 3.8) is 0 Å². The van der Waals surface area contributed by atoms with Crippen molar-refractivity contribution < 1.29 is 28.9 Å². The number of amides is 1. The van der Waals surface area contributed by atoms with Crippen molar-refractivity contribution in [1.82, 2.24) is 10.2 Å². The van der Waals surface area contributed by atoms with Crippen molar-refractivity contribution in [2.24, 2.45) is 0 Å². The maximum Gasteiger partial charge on any atom is 0.335 e. The van der Waals surface area contributed by atoms with Crippen LogP contribution in [0.4, 0.5) is 0 Å². The van der Waals surface area contributed by atoms with Crippen LogP contribution in [-0.2, 0) is 9.53 Å². The largest absolute Gasteiger partial charge is 0.497 e. The molecule has 1 unspecified atom stereocenters. The predicted octanol–water partition coefficient (Wildman–Crippen LogP) is 3.27. The van der Waals surface area contributed by atoms with E-state index in [2.05, 4.69) is 10.2 Å². The van der Waals surface area contributed by atoms with Gasteiger partial charge in [-0.05, 0) is 56.0 Å². The van der Waals surface area contributed by atoms with Crippen LogP contribution in [0, 0.1) is 0 Å². The summed E-state index contributed by atoms with van der Waals surface area (Å²) in [5.41, 5.74) is 0.434. The highest BCUT2D eigenvalue weighted by molar-refractivity contribution is 5.88. The fourth-order valence-electron chi connectivity index (χ4n) is 4.80. The number of hydrogen-bond acceptors (Lipinski definition) is 6. The fourth-order valence-corrected chi connectivity index (χ4v) is 4.80. The maximum absolute atomic E-state index is 13.7. The third kappa shape index (κ3) is 5.18. The monoisotopic (exact) mass is 468 g/mol. The molecule has 0 aliphatic carbocycles. The van der Waals surface area contributed by atoms with Gasteiger partial charge in [0, 0.05) is 32.4 Å². The number of carbonyl (C=O) groups excluding carboxylic acids is 1. The van der Waals surface area contributed by atoms with E-state index in [0.29, 0.717) is 32.6 Å². The topological polar surface area (TPSA) is 97.3 Å². The molecule has 2 atom stereocenters. The molecule has 2 heterocycles.